The molecule has 21 heavy (non-hydrogen) atoms. The average Bonchev–Trinajstić information content (AvgIpc) is 2.50. The van der Waals surface area contributed by atoms with Crippen LogP contribution in [0, 0.1) is 11.6 Å². The van der Waals surface area contributed by atoms with Gasteiger partial charge in [0.2, 0.25) is 0 Å². The Kier molecular flexibility index (Phi) is 3.82. The molecule has 0 amide bonds. The van der Waals surface area contributed by atoms with E-state index in [1.54, 1.807) is 24.3 Å². The third-order valence-corrected chi connectivity index (χ3v) is 3.85. The van der Waals surface area contributed by atoms with Gasteiger partial charge in [-0.1, -0.05) is 12.1 Å². The maximum Gasteiger partial charge on any atom is 0.163 e. The lowest BCUT2D eigenvalue weighted by Gasteiger charge is -2.30. The smallest absolute Gasteiger partial charge is 0.163 e. The molecule has 3 nitrogen and oxygen atoms in total. The van der Waals surface area contributed by atoms with Crippen LogP contribution in [-0.4, -0.2) is 17.8 Å². The zero-order valence-corrected chi connectivity index (χ0v) is 12.3. The predicted octanol–water partition coefficient (Wildman–Crippen LogP) is 3.60. The van der Waals surface area contributed by atoms with E-state index in [2.05, 4.69) is 15.9 Å². The van der Waals surface area contributed by atoms with Gasteiger partial charge in [-0.2, -0.15) is 0 Å². The lowest BCUT2D eigenvalue weighted by Crippen LogP contribution is -2.35. The largest absolute Gasteiger partial charge is 0.486 e. The van der Waals surface area contributed by atoms with Crippen molar-refractivity contribution in [2.75, 3.05) is 6.61 Å². The van der Waals surface area contributed by atoms with Crippen LogP contribution in [0.3, 0.4) is 0 Å². The molecule has 110 valence electrons. The van der Waals surface area contributed by atoms with Crippen molar-refractivity contribution in [2.45, 2.75) is 12.2 Å². The summed E-state index contributed by atoms with van der Waals surface area (Å²) in [6.45, 7) is 0.0509. The summed E-state index contributed by atoms with van der Waals surface area (Å²) in [6, 6.07) is 8.91. The number of para-hydroxylation sites is 2. The molecule has 1 aliphatic rings. The van der Waals surface area contributed by atoms with Gasteiger partial charge in [-0.05, 0) is 40.2 Å². The van der Waals surface area contributed by atoms with Crippen molar-refractivity contribution in [1.82, 2.24) is 0 Å². The van der Waals surface area contributed by atoms with Crippen LogP contribution < -0.4 is 9.47 Å². The second-order valence-electron chi connectivity index (χ2n) is 4.65. The summed E-state index contributed by atoms with van der Waals surface area (Å²) in [5, 5.41) is 10.2. The SMILES string of the molecule is OC(c1cc(F)c(Br)cc1F)C1COc2ccccc2O1. The maximum atomic E-state index is 13.9. The third-order valence-electron chi connectivity index (χ3n) is 3.24. The molecule has 2 atom stereocenters. The van der Waals surface area contributed by atoms with Crippen molar-refractivity contribution in [1.29, 1.82) is 0 Å². The molecular weight excluding hydrogens is 346 g/mol. The van der Waals surface area contributed by atoms with Gasteiger partial charge in [-0.15, -0.1) is 0 Å². The number of ether oxygens (including phenoxy) is 2. The monoisotopic (exact) mass is 356 g/mol. The van der Waals surface area contributed by atoms with Gasteiger partial charge in [0, 0.05) is 5.56 Å². The number of fused-ring (bicyclic) bond motifs is 1. The summed E-state index contributed by atoms with van der Waals surface area (Å²) in [4.78, 5) is 0. The minimum absolute atomic E-state index is 0.00195. The predicted molar refractivity (Wildman–Crippen MR) is 75.4 cm³/mol. The normalized spacial score (nSPS) is 18.4. The minimum Gasteiger partial charge on any atom is -0.486 e. The number of aliphatic hydroxyl groups excluding tert-OH is 1. The highest BCUT2D eigenvalue weighted by Crippen LogP contribution is 2.35. The number of hydrogen-bond acceptors (Lipinski definition) is 3. The molecule has 0 fully saturated rings. The van der Waals surface area contributed by atoms with Crippen molar-refractivity contribution in [2.24, 2.45) is 0 Å². The van der Waals surface area contributed by atoms with E-state index in [4.69, 9.17) is 9.47 Å². The molecule has 0 bridgehead atoms. The van der Waals surface area contributed by atoms with Gasteiger partial charge in [-0.3, -0.25) is 0 Å². The zero-order chi connectivity index (χ0) is 15.0. The Morgan fingerprint density at radius 2 is 1.86 bits per heavy atom. The third kappa shape index (κ3) is 2.73. The van der Waals surface area contributed by atoms with Gasteiger partial charge in [0.05, 0.1) is 4.47 Å². The van der Waals surface area contributed by atoms with Gasteiger partial charge in [0.1, 0.15) is 24.3 Å². The van der Waals surface area contributed by atoms with E-state index in [9.17, 15) is 13.9 Å². The van der Waals surface area contributed by atoms with Gasteiger partial charge in [0.15, 0.2) is 17.6 Å². The van der Waals surface area contributed by atoms with Crippen LogP contribution in [0.25, 0.3) is 0 Å². The molecule has 6 heteroatoms. The quantitative estimate of drug-likeness (QED) is 0.835. The molecule has 0 spiro atoms. The van der Waals surface area contributed by atoms with Crippen molar-refractivity contribution >= 4 is 15.9 Å². The maximum absolute atomic E-state index is 13.9. The second-order valence-corrected chi connectivity index (χ2v) is 5.50. The van der Waals surface area contributed by atoms with Crippen molar-refractivity contribution in [3.8, 4) is 11.5 Å². The summed E-state index contributed by atoms with van der Waals surface area (Å²) in [5.41, 5.74) is -0.163. The summed E-state index contributed by atoms with van der Waals surface area (Å²) in [5.74, 6) is -0.338. The van der Waals surface area contributed by atoms with Gasteiger partial charge in [0.25, 0.3) is 0 Å². The molecule has 0 radical (unpaired) electrons. The van der Waals surface area contributed by atoms with Crippen LogP contribution in [0.5, 0.6) is 11.5 Å². The van der Waals surface area contributed by atoms with Crippen molar-refractivity contribution in [3.63, 3.8) is 0 Å². The van der Waals surface area contributed by atoms with E-state index < -0.39 is 23.8 Å². The topological polar surface area (TPSA) is 38.7 Å². The Morgan fingerprint density at radius 1 is 1.14 bits per heavy atom. The first-order valence-electron chi connectivity index (χ1n) is 6.27. The molecule has 0 aromatic heterocycles. The van der Waals surface area contributed by atoms with Gasteiger partial charge in [-0.25, -0.2) is 8.78 Å². The number of benzene rings is 2. The van der Waals surface area contributed by atoms with E-state index in [0.29, 0.717) is 11.5 Å². The standard InChI is InChI=1S/C15H11BrF2O3/c16-9-6-10(17)8(5-11(9)18)15(19)14-7-20-12-3-1-2-4-13(12)21-14/h1-6,14-15,19H,7H2. The number of aliphatic hydroxyl groups is 1. The average molecular weight is 357 g/mol. The highest BCUT2D eigenvalue weighted by atomic mass is 79.9. The lowest BCUT2D eigenvalue weighted by atomic mass is 10.0. The van der Waals surface area contributed by atoms with E-state index >= 15 is 0 Å². The molecule has 1 heterocycles. The Morgan fingerprint density at radius 3 is 2.62 bits per heavy atom. The van der Waals surface area contributed by atoms with Crippen molar-refractivity contribution < 1.29 is 23.4 Å². The fraction of sp³-hybridized carbons (Fsp3) is 0.200. The Hall–Kier alpha value is -1.66. The second kappa shape index (κ2) is 5.61. The number of halogens is 3. The van der Waals surface area contributed by atoms with E-state index in [1.807, 2.05) is 0 Å². The number of rotatable bonds is 2. The van der Waals surface area contributed by atoms with E-state index in [-0.39, 0.29) is 16.6 Å². The fourth-order valence-corrected chi connectivity index (χ4v) is 2.47. The molecule has 0 saturated heterocycles. The molecule has 1 N–H and O–H groups in total. The van der Waals surface area contributed by atoms with Crippen LogP contribution in [-0.2, 0) is 0 Å². The molecule has 2 aromatic rings. The Labute approximate surface area is 128 Å². The fourth-order valence-electron chi connectivity index (χ4n) is 2.16. The van der Waals surface area contributed by atoms with Crippen LogP contribution >= 0.6 is 15.9 Å². The molecule has 2 unspecified atom stereocenters. The zero-order valence-electron chi connectivity index (χ0n) is 10.7. The van der Waals surface area contributed by atoms with Gasteiger partial charge >= 0.3 is 0 Å². The minimum atomic E-state index is -1.33. The van der Waals surface area contributed by atoms with Crippen LogP contribution in [0.15, 0.2) is 40.9 Å². The molecule has 0 aliphatic carbocycles. The van der Waals surface area contributed by atoms with Gasteiger partial charge < -0.3 is 14.6 Å². The Bertz CT molecular complexity index is 678. The molecular formula is C15H11BrF2O3. The Balaban J connectivity index is 1.87. The van der Waals surface area contributed by atoms with Crippen molar-refractivity contribution in [3.05, 3.63) is 58.1 Å². The van der Waals surface area contributed by atoms with Crippen LogP contribution in [0.4, 0.5) is 8.78 Å². The highest BCUT2D eigenvalue weighted by molar-refractivity contribution is 9.10. The lowest BCUT2D eigenvalue weighted by molar-refractivity contribution is -0.0129. The molecule has 2 aromatic carbocycles. The van der Waals surface area contributed by atoms with Crippen LogP contribution in [0.1, 0.15) is 11.7 Å². The molecule has 1 aliphatic heterocycles. The summed E-state index contributed by atoms with van der Waals surface area (Å²) < 4.78 is 38.5. The first kappa shape index (κ1) is 14.3. The molecule has 3 rings (SSSR count). The number of hydrogen-bond donors (Lipinski definition) is 1. The highest BCUT2D eigenvalue weighted by Gasteiger charge is 2.30. The first-order chi connectivity index (χ1) is 10.1. The first-order valence-corrected chi connectivity index (χ1v) is 7.06. The molecule has 0 saturated carbocycles. The summed E-state index contributed by atoms with van der Waals surface area (Å²) in [6.07, 6.45) is -2.14. The van der Waals surface area contributed by atoms with E-state index in [1.165, 1.54) is 0 Å². The van der Waals surface area contributed by atoms with Crippen LogP contribution in [0.2, 0.25) is 0 Å². The summed E-state index contributed by atoms with van der Waals surface area (Å²) in [7, 11) is 0. The summed E-state index contributed by atoms with van der Waals surface area (Å²) >= 11 is 2.89. The van der Waals surface area contributed by atoms with E-state index in [0.717, 1.165) is 12.1 Å².